The molecule has 0 saturated heterocycles. The van der Waals surface area contributed by atoms with Crippen LogP contribution < -0.4 is 10.1 Å². The van der Waals surface area contributed by atoms with E-state index in [1.807, 2.05) is 54.6 Å². The van der Waals surface area contributed by atoms with E-state index >= 15 is 0 Å². The summed E-state index contributed by atoms with van der Waals surface area (Å²) in [5, 5.41) is 10.5. The van der Waals surface area contributed by atoms with E-state index in [1.54, 1.807) is 18.9 Å². The van der Waals surface area contributed by atoms with E-state index in [2.05, 4.69) is 15.5 Å². The number of rotatable bonds is 9. The molecule has 0 aliphatic carbocycles. The van der Waals surface area contributed by atoms with Gasteiger partial charge < -0.3 is 9.15 Å². The standard InChI is InChI=1S/C20H21N3O3S/c1-25-16-9-11-17(12-10-16)27-13-5-8-18(24)21-20-23-22-19(26-20)14-15-6-3-2-4-7-15/h2-4,6-7,9-12H,5,8,13-14H2,1H3,(H,21,23,24). The van der Waals surface area contributed by atoms with Crippen LogP contribution in [-0.4, -0.2) is 29.0 Å². The van der Waals surface area contributed by atoms with Crippen LogP contribution in [0.2, 0.25) is 0 Å². The summed E-state index contributed by atoms with van der Waals surface area (Å²) in [6.07, 6.45) is 1.70. The van der Waals surface area contributed by atoms with Gasteiger partial charge in [0.2, 0.25) is 11.8 Å². The Bertz CT molecular complexity index is 850. The maximum Gasteiger partial charge on any atom is 0.322 e. The number of amides is 1. The number of anilines is 1. The van der Waals surface area contributed by atoms with Crippen LogP contribution in [0.15, 0.2) is 63.9 Å². The summed E-state index contributed by atoms with van der Waals surface area (Å²) in [5.74, 6) is 2.04. The van der Waals surface area contributed by atoms with Gasteiger partial charge in [-0.2, -0.15) is 0 Å². The van der Waals surface area contributed by atoms with Gasteiger partial charge in [0, 0.05) is 11.3 Å². The Labute approximate surface area is 162 Å². The molecule has 0 aliphatic rings. The molecule has 6 nitrogen and oxygen atoms in total. The number of aromatic nitrogens is 2. The van der Waals surface area contributed by atoms with Gasteiger partial charge >= 0.3 is 6.01 Å². The van der Waals surface area contributed by atoms with Crippen molar-refractivity contribution in [2.75, 3.05) is 18.2 Å². The zero-order chi connectivity index (χ0) is 18.9. The van der Waals surface area contributed by atoms with Gasteiger partial charge in [-0.05, 0) is 42.0 Å². The van der Waals surface area contributed by atoms with Crippen LogP contribution >= 0.6 is 11.8 Å². The summed E-state index contributed by atoms with van der Waals surface area (Å²) in [4.78, 5) is 13.2. The van der Waals surface area contributed by atoms with Crippen LogP contribution in [0.1, 0.15) is 24.3 Å². The number of methoxy groups -OCH3 is 1. The van der Waals surface area contributed by atoms with Gasteiger partial charge in [-0.1, -0.05) is 35.4 Å². The number of ether oxygens (including phenoxy) is 1. The van der Waals surface area contributed by atoms with Crippen molar-refractivity contribution in [3.05, 3.63) is 66.1 Å². The van der Waals surface area contributed by atoms with Gasteiger partial charge in [-0.3, -0.25) is 10.1 Å². The van der Waals surface area contributed by atoms with Gasteiger partial charge in [0.15, 0.2) is 0 Å². The Morgan fingerprint density at radius 1 is 1.11 bits per heavy atom. The van der Waals surface area contributed by atoms with E-state index < -0.39 is 0 Å². The molecule has 0 spiro atoms. The van der Waals surface area contributed by atoms with Crippen LogP contribution in [0.25, 0.3) is 0 Å². The van der Waals surface area contributed by atoms with Crippen LogP contribution in [0.3, 0.4) is 0 Å². The first-order valence-corrected chi connectivity index (χ1v) is 9.64. The normalized spacial score (nSPS) is 10.6. The average Bonchev–Trinajstić information content (AvgIpc) is 3.13. The molecule has 0 saturated carbocycles. The van der Waals surface area contributed by atoms with Gasteiger partial charge in [-0.25, -0.2) is 0 Å². The van der Waals surface area contributed by atoms with Crippen molar-refractivity contribution in [1.82, 2.24) is 10.2 Å². The Morgan fingerprint density at radius 2 is 1.89 bits per heavy atom. The largest absolute Gasteiger partial charge is 0.497 e. The average molecular weight is 383 g/mol. The molecule has 0 unspecified atom stereocenters. The molecule has 1 amide bonds. The van der Waals surface area contributed by atoms with Crippen LogP contribution in [-0.2, 0) is 11.2 Å². The first-order chi connectivity index (χ1) is 13.2. The number of nitrogens with zero attached hydrogens (tertiary/aromatic N) is 2. The van der Waals surface area contributed by atoms with Crippen LogP contribution in [0, 0.1) is 0 Å². The minimum absolute atomic E-state index is 0.125. The number of carbonyl (C=O) groups excluding carboxylic acids is 1. The van der Waals surface area contributed by atoms with Crippen molar-refractivity contribution in [2.45, 2.75) is 24.2 Å². The third-order valence-corrected chi connectivity index (χ3v) is 4.89. The summed E-state index contributed by atoms with van der Waals surface area (Å²) < 4.78 is 10.6. The van der Waals surface area contributed by atoms with Crippen molar-refractivity contribution in [2.24, 2.45) is 0 Å². The highest BCUT2D eigenvalue weighted by Gasteiger charge is 2.10. The predicted molar refractivity (Wildman–Crippen MR) is 105 cm³/mol. The number of nitrogens with one attached hydrogen (secondary N) is 1. The maximum absolute atomic E-state index is 12.0. The molecule has 27 heavy (non-hydrogen) atoms. The van der Waals surface area contributed by atoms with Crippen molar-refractivity contribution in [3.8, 4) is 5.75 Å². The van der Waals surface area contributed by atoms with E-state index in [9.17, 15) is 4.79 Å². The molecule has 7 heteroatoms. The second kappa shape index (κ2) is 9.78. The van der Waals surface area contributed by atoms with Crippen molar-refractivity contribution < 1.29 is 13.9 Å². The minimum atomic E-state index is -0.125. The van der Waals surface area contributed by atoms with Crippen molar-refractivity contribution in [3.63, 3.8) is 0 Å². The molecule has 1 heterocycles. The number of thioether (sulfide) groups is 1. The highest BCUT2D eigenvalue weighted by Crippen LogP contribution is 2.22. The van der Waals surface area contributed by atoms with E-state index in [0.29, 0.717) is 18.7 Å². The third kappa shape index (κ3) is 6.14. The molecule has 0 fully saturated rings. The van der Waals surface area contributed by atoms with E-state index in [1.165, 1.54) is 0 Å². The lowest BCUT2D eigenvalue weighted by Gasteiger charge is -2.03. The minimum Gasteiger partial charge on any atom is -0.497 e. The fraction of sp³-hybridized carbons (Fsp3) is 0.250. The summed E-state index contributed by atoms with van der Waals surface area (Å²) in [6.45, 7) is 0. The summed E-state index contributed by atoms with van der Waals surface area (Å²) in [7, 11) is 1.65. The highest BCUT2D eigenvalue weighted by atomic mass is 32.2. The second-order valence-corrected chi connectivity index (χ2v) is 7.01. The molecule has 0 bridgehead atoms. The number of benzene rings is 2. The Morgan fingerprint density at radius 3 is 2.63 bits per heavy atom. The zero-order valence-electron chi connectivity index (χ0n) is 15.1. The lowest BCUT2D eigenvalue weighted by molar-refractivity contribution is -0.116. The molecule has 3 aromatic rings. The van der Waals surface area contributed by atoms with Crippen LogP contribution in [0.4, 0.5) is 6.01 Å². The second-order valence-electron chi connectivity index (χ2n) is 5.84. The van der Waals surface area contributed by atoms with Crippen molar-refractivity contribution in [1.29, 1.82) is 0 Å². The Kier molecular flexibility index (Phi) is 6.87. The van der Waals surface area contributed by atoms with Gasteiger partial charge in [0.05, 0.1) is 13.5 Å². The van der Waals surface area contributed by atoms with Gasteiger partial charge in [0.1, 0.15) is 5.75 Å². The molecular weight excluding hydrogens is 362 g/mol. The molecule has 140 valence electrons. The topological polar surface area (TPSA) is 77.2 Å². The first-order valence-electron chi connectivity index (χ1n) is 8.66. The maximum atomic E-state index is 12.0. The molecule has 1 N–H and O–H groups in total. The predicted octanol–water partition coefficient (Wildman–Crippen LogP) is 4.18. The highest BCUT2D eigenvalue weighted by molar-refractivity contribution is 7.99. The fourth-order valence-electron chi connectivity index (χ4n) is 2.42. The van der Waals surface area contributed by atoms with E-state index in [0.717, 1.165) is 28.4 Å². The fourth-order valence-corrected chi connectivity index (χ4v) is 3.28. The van der Waals surface area contributed by atoms with E-state index in [-0.39, 0.29) is 11.9 Å². The summed E-state index contributed by atoms with van der Waals surface area (Å²) in [5.41, 5.74) is 1.08. The van der Waals surface area contributed by atoms with E-state index in [4.69, 9.17) is 9.15 Å². The van der Waals surface area contributed by atoms with Gasteiger partial charge in [0.25, 0.3) is 0 Å². The summed E-state index contributed by atoms with van der Waals surface area (Å²) in [6, 6.07) is 17.9. The lowest BCUT2D eigenvalue weighted by atomic mass is 10.2. The zero-order valence-corrected chi connectivity index (χ0v) is 15.9. The third-order valence-electron chi connectivity index (χ3n) is 3.79. The monoisotopic (exact) mass is 383 g/mol. The molecule has 1 aromatic heterocycles. The van der Waals surface area contributed by atoms with Gasteiger partial charge in [-0.15, -0.1) is 16.9 Å². The molecule has 0 aliphatic heterocycles. The molecule has 0 radical (unpaired) electrons. The summed E-state index contributed by atoms with van der Waals surface area (Å²) >= 11 is 1.71. The Balaban J connectivity index is 1.38. The molecule has 3 rings (SSSR count). The smallest absolute Gasteiger partial charge is 0.322 e. The van der Waals surface area contributed by atoms with Crippen LogP contribution in [0.5, 0.6) is 5.75 Å². The molecule has 2 aromatic carbocycles. The Hall–Kier alpha value is -2.80. The lowest BCUT2D eigenvalue weighted by Crippen LogP contribution is -2.11. The molecular formula is C20H21N3O3S. The SMILES string of the molecule is COc1ccc(SCCCC(=O)Nc2nnc(Cc3ccccc3)o2)cc1. The number of hydrogen-bond donors (Lipinski definition) is 1. The number of hydrogen-bond acceptors (Lipinski definition) is 6. The number of carbonyl (C=O) groups is 1. The molecule has 0 atom stereocenters. The van der Waals surface area contributed by atoms with Crippen molar-refractivity contribution >= 4 is 23.7 Å². The quantitative estimate of drug-likeness (QED) is 0.441. The first kappa shape index (κ1) is 19.0.